The molecular weight excluding hydrogens is 228 g/mol. The Kier molecular flexibility index (Phi) is 4.73. The fourth-order valence-corrected chi connectivity index (χ4v) is 3.60. The third-order valence-electron chi connectivity index (χ3n) is 2.74. The molecule has 0 bridgehead atoms. The summed E-state index contributed by atoms with van der Waals surface area (Å²) < 4.78 is 22.3. The first kappa shape index (κ1) is 13.4. The smallest absolute Gasteiger partial charge is 0.220 e. The van der Waals surface area contributed by atoms with Gasteiger partial charge >= 0.3 is 0 Å². The van der Waals surface area contributed by atoms with Gasteiger partial charge in [0.2, 0.25) is 5.91 Å². The quantitative estimate of drug-likeness (QED) is 0.697. The molecule has 1 rings (SSSR count). The van der Waals surface area contributed by atoms with Crippen LogP contribution in [-0.4, -0.2) is 38.4 Å². The minimum absolute atomic E-state index is 0.0256. The number of nitrogens with one attached hydrogen (secondary N) is 1. The van der Waals surface area contributed by atoms with Gasteiger partial charge in [0.15, 0.2) is 9.84 Å². The standard InChI is InChI=1S/C10H20N2O3S/c1-8(11)2-3-10(13)12-6-9-4-5-16(14,15)7-9/h8-9H,2-7,11H2,1H3,(H,12,13). The zero-order chi connectivity index (χ0) is 12.2. The Morgan fingerprint density at radius 3 is 2.75 bits per heavy atom. The van der Waals surface area contributed by atoms with E-state index in [1.54, 1.807) is 0 Å². The fourth-order valence-electron chi connectivity index (χ4n) is 1.74. The third kappa shape index (κ3) is 4.94. The minimum Gasteiger partial charge on any atom is -0.356 e. The van der Waals surface area contributed by atoms with E-state index < -0.39 is 9.84 Å². The lowest BCUT2D eigenvalue weighted by Gasteiger charge is -2.10. The van der Waals surface area contributed by atoms with Crippen molar-refractivity contribution in [2.45, 2.75) is 32.2 Å². The van der Waals surface area contributed by atoms with Crippen molar-refractivity contribution < 1.29 is 13.2 Å². The Bertz CT molecular complexity index is 338. The van der Waals surface area contributed by atoms with Gasteiger partial charge in [-0.2, -0.15) is 0 Å². The number of rotatable bonds is 5. The van der Waals surface area contributed by atoms with Crippen LogP contribution in [0.25, 0.3) is 0 Å². The van der Waals surface area contributed by atoms with Crippen molar-refractivity contribution in [3.63, 3.8) is 0 Å². The monoisotopic (exact) mass is 248 g/mol. The molecular formula is C10H20N2O3S. The van der Waals surface area contributed by atoms with E-state index in [1.165, 1.54) is 0 Å². The van der Waals surface area contributed by atoms with Crippen molar-refractivity contribution in [1.82, 2.24) is 5.32 Å². The van der Waals surface area contributed by atoms with Crippen LogP contribution in [0.4, 0.5) is 0 Å². The van der Waals surface area contributed by atoms with Gasteiger partial charge < -0.3 is 11.1 Å². The molecule has 1 heterocycles. The van der Waals surface area contributed by atoms with Gasteiger partial charge in [-0.15, -0.1) is 0 Å². The molecule has 0 aromatic rings. The number of sulfone groups is 1. The van der Waals surface area contributed by atoms with Crippen LogP contribution in [-0.2, 0) is 14.6 Å². The summed E-state index contributed by atoms with van der Waals surface area (Å²) in [7, 11) is -2.84. The lowest BCUT2D eigenvalue weighted by atomic mass is 10.1. The predicted molar refractivity (Wildman–Crippen MR) is 62.7 cm³/mol. The van der Waals surface area contributed by atoms with Crippen LogP contribution in [0.2, 0.25) is 0 Å². The highest BCUT2D eigenvalue weighted by Gasteiger charge is 2.27. The van der Waals surface area contributed by atoms with Gasteiger partial charge in [0.25, 0.3) is 0 Å². The number of carbonyl (C=O) groups excluding carboxylic acids is 1. The number of carbonyl (C=O) groups is 1. The second kappa shape index (κ2) is 5.63. The summed E-state index contributed by atoms with van der Waals surface area (Å²) in [5.74, 6) is 0.513. The van der Waals surface area contributed by atoms with Gasteiger partial charge in [-0.05, 0) is 25.7 Å². The predicted octanol–water partition coefficient (Wildman–Crippen LogP) is -0.335. The van der Waals surface area contributed by atoms with Crippen LogP contribution in [0.15, 0.2) is 0 Å². The third-order valence-corrected chi connectivity index (χ3v) is 4.58. The van der Waals surface area contributed by atoms with E-state index in [4.69, 9.17) is 5.73 Å². The molecule has 0 aromatic carbocycles. The number of hydrogen-bond acceptors (Lipinski definition) is 4. The molecule has 1 aliphatic rings. The Hall–Kier alpha value is -0.620. The number of nitrogens with two attached hydrogens (primary N) is 1. The molecule has 1 aliphatic heterocycles. The number of hydrogen-bond donors (Lipinski definition) is 2. The lowest BCUT2D eigenvalue weighted by molar-refractivity contribution is -0.121. The van der Waals surface area contributed by atoms with Gasteiger partial charge in [-0.3, -0.25) is 4.79 Å². The van der Waals surface area contributed by atoms with E-state index in [0.717, 1.165) is 0 Å². The van der Waals surface area contributed by atoms with E-state index in [9.17, 15) is 13.2 Å². The molecule has 0 saturated carbocycles. The summed E-state index contributed by atoms with van der Waals surface area (Å²) in [6, 6.07) is 0.0256. The number of amides is 1. The molecule has 0 aromatic heterocycles. The molecule has 94 valence electrons. The van der Waals surface area contributed by atoms with Gasteiger partial charge in [0.05, 0.1) is 11.5 Å². The van der Waals surface area contributed by atoms with Crippen molar-refractivity contribution >= 4 is 15.7 Å². The average Bonchev–Trinajstić information content (AvgIpc) is 2.52. The molecule has 16 heavy (non-hydrogen) atoms. The van der Waals surface area contributed by atoms with Crippen LogP contribution in [0, 0.1) is 5.92 Å². The SMILES string of the molecule is CC(N)CCC(=O)NCC1CCS(=O)(=O)C1. The summed E-state index contributed by atoms with van der Waals surface area (Å²) in [5.41, 5.74) is 5.54. The van der Waals surface area contributed by atoms with Gasteiger partial charge in [0.1, 0.15) is 0 Å². The highest BCUT2D eigenvalue weighted by Crippen LogP contribution is 2.17. The van der Waals surface area contributed by atoms with Crippen molar-refractivity contribution in [2.75, 3.05) is 18.1 Å². The van der Waals surface area contributed by atoms with Crippen molar-refractivity contribution in [3.05, 3.63) is 0 Å². The molecule has 6 heteroatoms. The lowest BCUT2D eigenvalue weighted by Crippen LogP contribution is -2.30. The molecule has 0 spiro atoms. The van der Waals surface area contributed by atoms with Crippen LogP contribution in [0.5, 0.6) is 0 Å². The molecule has 2 unspecified atom stereocenters. The van der Waals surface area contributed by atoms with Crippen LogP contribution >= 0.6 is 0 Å². The van der Waals surface area contributed by atoms with Crippen LogP contribution in [0.3, 0.4) is 0 Å². The molecule has 1 fully saturated rings. The fraction of sp³-hybridized carbons (Fsp3) is 0.900. The zero-order valence-corrected chi connectivity index (χ0v) is 10.4. The Balaban J connectivity index is 2.18. The van der Waals surface area contributed by atoms with Gasteiger partial charge in [-0.25, -0.2) is 8.42 Å². The largest absolute Gasteiger partial charge is 0.356 e. The van der Waals surface area contributed by atoms with E-state index >= 15 is 0 Å². The topological polar surface area (TPSA) is 89.3 Å². The van der Waals surface area contributed by atoms with Crippen molar-refractivity contribution in [3.8, 4) is 0 Å². The Morgan fingerprint density at radius 1 is 1.56 bits per heavy atom. The molecule has 2 atom stereocenters. The maximum absolute atomic E-state index is 11.3. The molecule has 0 radical (unpaired) electrons. The van der Waals surface area contributed by atoms with Gasteiger partial charge in [0, 0.05) is 19.0 Å². The maximum atomic E-state index is 11.3. The van der Waals surface area contributed by atoms with E-state index in [2.05, 4.69) is 5.32 Å². The molecule has 3 N–H and O–H groups in total. The highest BCUT2D eigenvalue weighted by atomic mass is 32.2. The van der Waals surface area contributed by atoms with Gasteiger partial charge in [-0.1, -0.05) is 0 Å². The normalized spacial score (nSPS) is 25.2. The summed E-state index contributed by atoms with van der Waals surface area (Å²) in [4.78, 5) is 11.3. The second-order valence-electron chi connectivity index (χ2n) is 4.59. The van der Waals surface area contributed by atoms with Crippen LogP contribution < -0.4 is 11.1 Å². The Morgan fingerprint density at radius 2 is 2.25 bits per heavy atom. The summed E-state index contributed by atoms with van der Waals surface area (Å²) in [5, 5.41) is 2.76. The van der Waals surface area contributed by atoms with E-state index in [1.807, 2.05) is 6.92 Å². The van der Waals surface area contributed by atoms with Crippen molar-refractivity contribution in [2.24, 2.45) is 11.7 Å². The molecule has 0 aliphatic carbocycles. The Labute approximate surface area is 96.7 Å². The second-order valence-corrected chi connectivity index (χ2v) is 6.82. The first-order valence-electron chi connectivity index (χ1n) is 5.62. The minimum atomic E-state index is -2.84. The molecule has 1 saturated heterocycles. The van der Waals surface area contributed by atoms with E-state index in [-0.39, 0.29) is 29.4 Å². The first-order chi connectivity index (χ1) is 7.39. The zero-order valence-electron chi connectivity index (χ0n) is 9.61. The highest BCUT2D eigenvalue weighted by molar-refractivity contribution is 7.91. The van der Waals surface area contributed by atoms with Crippen molar-refractivity contribution in [1.29, 1.82) is 0 Å². The van der Waals surface area contributed by atoms with E-state index in [0.29, 0.717) is 25.8 Å². The maximum Gasteiger partial charge on any atom is 0.220 e. The summed E-state index contributed by atoms with van der Waals surface area (Å²) in [6.07, 6.45) is 1.74. The summed E-state index contributed by atoms with van der Waals surface area (Å²) in [6.45, 7) is 2.33. The average molecular weight is 248 g/mol. The molecule has 5 nitrogen and oxygen atoms in total. The molecule has 1 amide bonds. The first-order valence-corrected chi connectivity index (χ1v) is 7.44. The van der Waals surface area contributed by atoms with Crippen LogP contribution in [0.1, 0.15) is 26.2 Å². The summed E-state index contributed by atoms with van der Waals surface area (Å²) >= 11 is 0.